The quantitative estimate of drug-likeness (QED) is 0.107. The van der Waals surface area contributed by atoms with Gasteiger partial charge in [-0.1, -0.05) is 38.0 Å². The molecule has 16 nitrogen and oxygen atoms in total. The van der Waals surface area contributed by atoms with Gasteiger partial charge in [-0.05, 0) is 67.6 Å². The minimum Gasteiger partial charge on any atom is -0.369 e. The van der Waals surface area contributed by atoms with Gasteiger partial charge in [0.2, 0.25) is 11.8 Å². The summed E-state index contributed by atoms with van der Waals surface area (Å²) in [4.78, 5) is 65.3. The van der Waals surface area contributed by atoms with Gasteiger partial charge in [0.1, 0.15) is 16.7 Å². The highest BCUT2D eigenvalue weighted by molar-refractivity contribution is 7.14. The number of piperazine rings is 1. The van der Waals surface area contributed by atoms with Crippen molar-refractivity contribution < 1.29 is 19.2 Å². The van der Waals surface area contributed by atoms with Crippen LogP contribution in [0, 0.1) is 0 Å². The maximum atomic E-state index is 13.1. The first-order chi connectivity index (χ1) is 27.7. The second-order valence-corrected chi connectivity index (χ2v) is 16.1. The van der Waals surface area contributed by atoms with E-state index in [-0.39, 0.29) is 30.1 Å². The molecule has 4 aromatic heterocycles. The fourth-order valence-corrected chi connectivity index (χ4v) is 8.69. The SMILES string of the molecule is CC(C)c1c(NC(=O)Nc2ccc(-c3nnc(CCCCCCN4CCN(c5ccc6c(c5)CN(C5CCC(=O)NC5=O)C6=O)CC4)s3)nc2)cnc2ccnn12. The lowest BCUT2D eigenvalue weighted by molar-refractivity contribution is -0.136. The van der Waals surface area contributed by atoms with E-state index in [2.05, 4.69) is 57.1 Å². The number of nitrogens with one attached hydrogen (secondary N) is 3. The molecule has 8 rings (SSSR count). The van der Waals surface area contributed by atoms with Gasteiger partial charge in [-0.2, -0.15) is 5.10 Å². The van der Waals surface area contributed by atoms with Gasteiger partial charge in [0.05, 0.1) is 35.7 Å². The van der Waals surface area contributed by atoms with E-state index in [1.807, 2.05) is 38.1 Å². The second-order valence-electron chi connectivity index (χ2n) is 15.1. The molecule has 0 saturated carbocycles. The molecule has 3 aliphatic heterocycles. The largest absolute Gasteiger partial charge is 0.369 e. The number of nitrogens with zero attached hydrogens (tertiary/aromatic N) is 9. The number of unbranched alkanes of at least 4 members (excludes halogenated alkanes) is 3. The third-order valence-electron chi connectivity index (χ3n) is 10.8. The number of aryl methyl sites for hydroxylation is 1. The smallest absolute Gasteiger partial charge is 0.323 e. The number of anilines is 3. The van der Waals surface area contributed by atoms with Crippen LogP contribution in [-0.2, 0) is 22.6 Å². The van der Waals surface area contributed by atoms with E-state index >= 15 is 0 Å². The topological polar surface area (TPSA) is 183 Å². The predicted octanol–water partition coefficient (Wildman–Crippen LogP) is 5.10. The van der Waals surface area contributed by atoms with Crippen LogP contribution < -0.4 is 20.9 Å². The number of urea groups is 1. The van der Waals surface area contributed by atoms with Crippen LogP contribution in [0.4, 0.5) is 21.9 Å². The number of hydrogen-bond donors (Lipinski definition) is 3. The molecule has 0 bridgehead atoms. The molecule has 0 spiro atoms. The Morgan fingerprint density at radius 3 is 2.58 bits per heavy atom. The number of fused-ring (bicyclic) bond motifs is 2. The maximum Gasteiger partial charge on any atom is 0.323 e. The average molecular weight is 791 g/mol. The van der Waals surface area contributed by atoms with Crippen molar-refractivity contribution in [2.24, 2.45) is 0 Å². The number of rotatable bonds is 13. The maximum absolute atomic E-state index is 13.1. The lowest BCUT2D eigenvalue weighted by Crippen LogP contribution is -2.52. The van der Waals surface area contributed by atoms with E-state index in [0.717, 1.165) is 97.4 Å². The number of imide groups is 1. The van der Waals surface area contributed by atoms with Crippen molar-refractivity contribution in [3.63, 3.8) is 0 Å². The van der Waals surface area contributed by atoms with E-state index in [1.165, 1.54) is 0 Å². The molecule has 0 aliphatic carbocycles. The highest BCUT2D eigenvalue weighted by Gasteiger charge is 2.39. The summed E-state index contributed by atoms with van der Waals surface area (Å²) >= 11 is 1.55. The van der Waals surface area contributed by atoms with Gasteiger partial charge >= 0.3 is 6.03 Å². The molecule has 0 radical (unpaired) electrons. The molecule has 1 aromatic carbocycles. The number of benzene rings is 1. The number of hydrogen-bond acceptors (Lipinski definition) is 12. The highest BCUT2D eigenvalue weighted by atomic mass is 32.1. The summed E-state index contributed by atoms with van der Waals surface area (Å²) in [6, 6.07) is 10.5. The van der Waals surface area contributed by atoms with Crippen LogP contribution in [0.3, 0.4) is 0 Å². The molecule has 3 aliphatic rings. The molecule has 57 heavy (non-hydrogen) atoms. The van der Waals surface area contributed by atoms with Gasteiger partial charge in [-0.15, -0.1) is 10.2 Å². The van der Waals surface area contributed by atoms with Crippen LogP contribution in [-0.4, -0.2) is 102 Å². The minimum absolute atomic E-state index is 0.119. The zero-order valence-corrected chi connectivity index (χ0v) is 32.9. The van der Waals surface area contributed by atoms with Crippen LogP contribution in [0.25, 0.3) is 16.3 Å². The van der Waals surface area contributed by atoms with E-state index in [9.17, 15) is 19.2 Å². The van der Waals surface area contributed by atoms with Gasteiger partial charge in [-0.3, -0.25) is 29.6 Å². The summed E-state index contributed by atoms with van der Waals surface area (Å²) < 4.78 is 1.74. The summed E-state index contributed by atoms with van der Waals surface area (Å²) in [7, 11) is 0. The Bertz CT molecular complexity index is 2280. The van der Waals surface area contributed by atoms with Crippen LogP contribution >= 0.6 is 11.3 Å². The van der Waals surface area contributed by atoms with Crippen LogP contribution in [0.15, 0.2) is 55.0 Å². The first kappa shape index (κ1) is 38.1. The molecular weight excluding hydrogens is 745 g/mol. The Balaban J connectivity index is 0.727. The van der Waals surface area contributed by atoms with Crippen molar-refractivity contribution in [1.82, 2.24) is 44.9 Å². The average Bonchev–Trinajstić information content (AvgIpc) is 3.96. The number of carbonyl (C=O) groups excluding carboxylic acids is 4. The van der Waals surface area contributed by atoms with E-state index in [1.54, 1.807) is 45.4 Å². The van der Waals surface area contributed by atoms with Crippen LogP contribution in [0.1, 0.15) is 84.9 Å². The lowest BCUT2D eigenvalue weighted by Gasteiger charge is -2.36. The number of piperidine rings is 1. The Labute approximate surface area is 334 Å². The molecule has 5 amide bonds. The molecule has 1 unspecified atom stereocenters. The number of amides is 5. The van der Waals surface area contributed by atoms with Gasteiger partial charge in [0.15, 0.2) is 10.7 Å². The van der Waals surface area contributed by atoms with Crippen molar-refractivity contribution in [2.75, 3.05) is 48.3 Å². The number of carbonyl (C=O) groups is 4. The highest BCUT2D eigenvalue weighted by Crippen LogP contribution is 2.31. The molecule has 296 valence electrons. The van der Waals surface area contributed by atoms with Gasteiger partial charge in [-0.25, -0.2) is 14.3 Å². The Hall–Kier alpha value is -5.81. The molecule has 1 atom stereocenters. The van der Waals surface area contributed by atoms with Crippen molar-refractivity contribution in [3.8, 4) is 10.7 Å². The molecule has 5 aromatic rings. The lowest BCUT2D eigenvalue weighted by atomic mass is 10.0. The van der Waals surface area contributed by atoms with Gasteiger partial charge in [0.25, 0.3) is 5.91 Å². The molecule has 7 heterocycles. The van der Waals surface area contributed by atoms with Crippen molar-refractivity contribution in [2.45, 2.75) is 77.3 Å². The summed E-state index contributed by atoms with van der Waals surface area (Å²) in [5, 5.41) is 23.0. The fraction of sp³-hybridized carbons (Fsp3) is 0.425. The first-order valence-corrected chi connectivity index (χ1v) is 20.5. The third kappa shape index (κ3) is 8.49. The van der Waals surface area contributed by atoms with Crippen molar-refractivity contribution in [3.05, 3.63) is 76.8 Å². The second kappa shape index (κ2) is 16.7. The van der Waals surface area contributed by atoms with Crippen LogP contribution in [0.5, 0.6) is 0 Å². The molecule has 2 saturated heterocycles. The molecule has 2 fully saturated rings. The van der Waals surface area contributed by atoms with Crippen LogP contribution in [0.2, 0.25) is 0 Å². The zero-order valence-electron chi connectivity index (χ0n) is 32.1. The van der Waals surface area contributed by atoms with Crippen molar-refractivity contribution >= 4 is 57.8 Å². The number of aromatic nitrogens is 6. The van der Waals surface area contributed by atoms with Crippen molar-refractivity contribution in [1.29, 1.82) is 0 Å². The minimum atomic E-state index is -0.597. The van der Waals surface area contributed by atoms with E-state index in [4.69, 9.17) is 0 Å². The standard InChI is InChI=1S/C40H46N12O4S/c1-25(2)36-31(23-42-33-14-15-43-52(33)36)45-40(56)44-27-8-11-30(41-22-27)38-48-47-35(57-38)7-5-3-4-6-16-49-17-19-50(20-18-49)28-9-10-29-26(21-28)24-51(39(29)55)32-12-13-34(53)46-37(32)54/h8-11,14-15,21-23,25,32H,3-7,12-13,16-20,24H2,1-2H3,(H2,44,45,56)(H,46,53,54). The van der Waals surface area contributed by atoms with E-state index in [0.29, 0.717) is 35.6 Å². The normalized spacial score (nSPS) is 17.4. The first-order valence-electron chi connectivity index (χ1n) is 19.6. The van der Waals surface area contributed by atoms with Gasteiger partial charge in [0, 0.05) is 62.9 Å². The summed E-state index contributed by atoms with van der Waals surface area (Å²) in [6.07, 6.45) is 10.9. The Morgan fingerprint density at radius 1 is 0.947 bits per heavy atom. The molecular formula is C40H46N12O4S. The summed E-state index contributed by atoms with van der Waals surface area (Å²) in [5.74, 6) is -0.681. The monoisotopic (exact) mass is 790 g/mol. The Kier molecular flexibility index (Phi) is 11.2. The molecule has 3 N–H and O–H groups in total. The fourth-order valence-electron chi connectivity index (χ4n) is 7.83. The van der Waals surface area contributed by atoms with Gasteiger partial charge < -0.3 is 20.4 Å². The summed E-state index contributed by atoms with van der Waals surface area (Å²) in [5.41, 5.74) is 6.15. The van der Waals surface area contributed by atoms with E-state index < -0.39 is 12.1 Å². The predicted molar refractivity (Wildman–Crippen MR) is 216 cm³/mol. The summed E-state index contributed by atoms with van der Waals surface area (Å²) in [6.45, 7) is 9.38. The third-order valence-corrected chi connectivity index (χ3v) is 11.8. The number of pyridine rings is 1. The zero-order chi connectivity index (χ0) is 39.5. The molecule has 17 heteroatoms. The Morgan fingerprint density at radius 2 is 1.79 bits per heavy atom.